The van der Waals surface area contributed by atoms with Gasteiger partial charge < -0.3 is 9.67 Å². The van der Waals surface area contributed by atoms with Crippen molar-refractivity contribution >= 4 is 57.2 Å². The minimum absolute atomic E-state index is 0. The van der Waals surface area contributed by atoms with Gasteiger partial charge in [-0.1, -0.05) is 48.3 Å². The molecule has 0 aliphatic carbocycles. The van der Waals surface area contributed by atoms with Crippen LogP contribution in [0.4, 0.5) is 5.69 Å². The van der Waals surface area contributed by atoms with Crippen LogP contribution in [0.2, 0.25) is 10.0 Å². The van der Waals surface area contributed by atoms with Gasteiger partial charge in [0.2, 0.25) is 0 Å². The second kappa shape index (κ2) is 9.72. The van der Waals surface area contributed by atoms with Gasteiger partial charge in [0.1, 0.15) is 0 Å². The fourth-order valence-corrected chi connectivity index (χ4v) is 3.79. The Morgan fingerprint density at radius 3 is 2.42 bits per heavy atom. The number of hydrogen-bond acceptors (Lipinski definition) is 3. The zero-order valence-corrected chi connectivity index (χ0v) is 18.2. The maximum atomic E-state index is 9.46. The van der Waals surface area contributed by atoms with E-state index >= 15 is 0 Å². The standard InChI is InChI=1S/C19H18Cl2N2OS.BrH/c1-2-13-3-6-15(7-4-13)22-19-23(9-10-24)18(12-25-19)14-5-8-16(20)17(21)11-14;/h3-8,11-12,24H,2,9-10H2,1H3;1H. The predicted octanol–water partition coefficient (Wildman–Crippen LogP) is 5.89. The van der Waals surface area contributed by atoms with Crippen molar-refractivity contribution in [1.29, 1.82) is 0 Å². The average Bonchev–Trinajstić information content (AvgIpc) is 3.01. The van der Waals surface area contributed by atoms with E-state index in [0.29, 0.717) is 16.6 Å². The Kier molecular flexibility index (Phi) is 7.92. The number of aliphatic hydroxyl groups excluding tert-OH is 1. The van der Waals surface area contributed by atoms with Crippen LogP contribution in [-0.2, 0) is 13.0 Å². The van der Waals surface area contributed by atoms with E-state index in [1.807, 2.05) is 34.2 Å². The summed E-state index contributed by atoms with van der Waals surface area (Å²) in [5.41, 5.74) is 4.08. The highest BCUT2D eigenvalue weighted by Gasteiger charge is 2.09. The lowest BCUT2D eigenvalue weighted by atomic mass is 10.1. The quantitative estimate of drug-likeness (QED) is 0.492. The molecule has 0 radical (unpaired) electrons. The van der Waals surface area contributed by atoms with Gasteiger partial charge >= 0.3 is 0 Å². The highest BCUT2D eigenvalue weighted by atomic mass is 79.9. The van der Waals surface area contributed by atoms with Crippen LogP contribution >= 0.6 is 51.5 Å². The molecule has 1 aromatic heterocycles. The molecule has 0 aliphatic rings. The largest absolute Gasteiger partial charge is 0.395 e. The van der Waals surface area contributed by atoms with Crippen molar-refractivity contribution in [3.63, 3.8) is 0 Å². The monoisotopic (exact) mass is 472 g/mol. The van der Waals surface area contributed by atoms with Crippen LogP contribution in [0.3, 0.4) is 0 Å². The molecule has 1 N–H and O–H groups in total. The highest BCUT2D eigenvalue weighted by Crippen LogP contribution is 2.29. The molecule has 3 rings (SSSR count). The summed E-state index contributed by atoms with van der Waals surface area (Å²) in [6.07, 6.45) is 1.01. The van der Waals surface area contributed by atoms with Gasteiger partial charge in [-0.15, -0.1) is 28.3 Å². The fraction of sp³-hybridized carbons (Fsp3) is 0.211. The summed E-state index contributed by atoms with van der Waals surface area (Å²) in [7, 11) is 0. The third-order valence-corrected chi connectivity index (χ3v) is 5.51. The predicted molar refractivity (Wildman–Crippen MR) is 116 cm³/mol. The molecule has 0 fully saturated rings. The van der Waals surface area contributed by atoms with Crippen LogP contribution in [-0.4, -0.2) is 16.3 Å². The van der Waals surface area contributed by atoms with Gasteiger partial charge in [-0.2, -0.15) is 0 Å². The maximum Gasteiger partial charge on any atom is 0.190 e. The summed E-state index contributed by atoms with van der Waals surface area (Å²) in [5, 5.41) is 12.5. The van der Waals surface area contributed by atoms with E-state index in [1.54, 1.807) is 6.07 Å². The number of rotatable bonds is 5. The second-order valence-electron chi connectivity index (χ2n) is 5.54. The van der Waals surface area contributed by atoms with Gasteiger partial charge in [-0.3, -0.25) is 0 Å². The Bertz CT molecular complexity index is 935. The van der Waals surface area contributed by atoms with Gasteiger partial charge in [-0.05, 0) is 36.2 Å². The number of halogens is 3. The Labute approximate surface area is 177 Å². The zero-order valence-electron chi connectivity index (χ0n) is 14.2. The van der Waals surface area contributed by atoms with Crippen molar-refractivity contribution in [2.75, 3.05) is 6.61 Å². The van der Waals surface area contributed by atoms with Crippen molar-refractivity contribution in [1.82, 2.24) is 4.57 Å². The first-order chi connectivity index (χ1) is 12.1. The Morgan fingerprint density at radius 2 is 1.81 bits per heavy atom. The molecule has 2 aromatic carbocycles. The van der Waals surface area contributed by atoms with E-state index < -0.39 is 0 Å². The number of aliphatic hydroxyl groups is 1. The minimum Gasteiger partial charge on any atom is -0.395 e. The molecule has 1 heterocycles. The molecule has 0 bridgehead atoms. The first-order valence-corrected chi connectivity index (χ1v) is 9.64. The third kappa shape index (κ3) is 4.78. The molecule has 0 saturated carbocycles. The van der Waals surface area contributed by atoms with E-state index in [0.717, 1.165) is 28.2 Å². The van der Waals surface area contributed by atoms with Crippen LogP contribution in [0.1, 0.15) is 12.5 Å². The lowest BCUT2D eigenvalue weighted by molar-refractivity contribution is 0.275. The van der Waals surface area contributed by atoms with E-state index in [-0.39, 0.29) is 23.6 Å². The van der Waals surface area contributed by atoms with Gasteiger partial charge in [0.05, 0.1) is 28.0 Å². The molecule has 0 aliphatic heterocycles. The summed E-state index contributed by atoms with van der Waals surface area (Å²) in [5.74, 6) is 0. The molecule has 7 heteroatoms. The minimum atomic E-state index is 0. The number of aromatic nitrogens is 1. The normalized spacial score (nSPS) is 11.5. The summed E-state index contributed by atoms with van der Waals surface area (Å²) < 4.78 is 2.00. The van der Waals surface area contributed by atoms with Gasteiger partial charge in [-0.25, -0.2) is 4.99 Å². The summed E-state index contributed by atoms with van der Waals surface area (Å²) >= 11 is 13.7. The topological polar surface area (TPSA) is 37.5 Å². The Hall–Kier alpha value is -1.11. The first kappa shape index (κ1) is 21.2. The third-order valence-electron chi connectivity index (χ3n) is 3.91. The molecule has 138 valence electrons. The van der Waals surface area contributed by atoms with Crippen molar-refractivity contribution in [2.45, 2.75) is 19.9 Å². The fourth-order valence-electron chi connectivity index (χ4n) is 2.54. The van der Waals surface area contributed by atoms with Crippen LogP contribution in [0.25, 0.3) is 11.3 Å². The Morgan fingerprint density at radius 1 is 1.08 bits per heavy atom. The van der Waals surface area contributed by atoms with Gasteiger partial charge in [0, 0.05) is 17.5 Å². The number of aryl methyl sites for hydroxylation is 1. The SMILES string of the molecule is Br.CCc1ccc(N=c2scc(-c3ccc(Cl)c(Cl)c3)n2CCO)cc1. The van der Waals surface area contributed by atoms with Crippen molar-refractivity contribution in [3.8, 4) is 11.3 Å². The molecule has 0 atom stereocenters. The molecule has 26 heavy (non-hydrogen) atoms. The first-order valence-electron chi connectivity index (χ1n) is 8.00. The molecule has 0 saturated heterocycles. The number of nitrogens with zero attached hydrogens (tertiary/aromatic N) is 2. The van der Waals surface area contributed by atoms with E-state index in [4.69, 9.17) is 28.2 Å². The van der Waals surface area contributed by atoms with Gasteiger partial charge in [0.25, 0.3) is 0 Å². The van der Waals surface area contributed by atoms with Crippen molar-refractivity contribution in [3.05, 3.63) is 68.3 Å². The summed E-state index contributed by atoms with van der Waals surface area (Å²) in [6, 6.07) is 13.7. The summed E-state index contributed by atoms with van der Waals surface area (Å²) in [4.78, 5) is 5.57. The van der Waals surface area contributed by atoms with Crippen LogP contribution in [0.5, 0.6) is 0 Å². The average molecular weight is 474 g/mol. The molecule has 0 amide bonds. The maximum absolute atomic E-state index is 9.46. The number of thiazole rings is 1. The second-order valence-corrected chi connectivity index (χ2v) is 7.19. The molecule has 3 nitrogen and oxygen atoms in total. The van der Waals surface area contributed by atoms with Crippen LogP contribution in [0, 0.1) is 0 Å². The van der Waals surface area contributed by atoms with Crippen molar-refractivity contribution in [2.24, 2.45) is 4.99 Å². The molecular weight excluding hydrogens is 455 g/mol. The van der Waals surface area contributed by atoms with E-state index in [1.165, 1.54) is 16.9 Å². The van der Waals surface area contributed by atoms with Gasteiger partial charge in [0.15, 0.2) is 4.80 Å². The number of benzene rings is 2. The molecule has 0 unspecified atom stereocenters. The lowest BCUT2D eigenvalue weighted by Crippen LogP contribution is -2.17. The molecular formula is C19H19BrCl2N2OS. The highest BCUT2D eigenvalue weighted by molar-refractivity contribution is 8.93. The lowest BCUT2D eigenvalue weighted by Gasteiger charge is -2.08. The molecule has 3 aromatic rings. The van der Waals surface area contributed by atoms with Crippen molar-refractivity contribution < 1.29 is 5.11 Å². The van der Waals surface area contributed by atoms with E-state index in [9.17, 15) is 5.11 Å². The Balaban J connectivity index is 0.00000243. The van der Waals surface area contributed by atoms with Crippen LogP contribution in [0.15, 0.2) is 52.8 Å². The zero-order chi connectivity index (χ0) is 17.8. The summed E-state index contributed by atoms with van der Waals surface area (Å²) in [6.45, 7) is 2.63. The number of hydrogen-bond donors (Lipinski definition) is 1. The molecule has 0 spiro atoms. The van der Waals surface area contributed by atoms with Crippen LogP contribution < -0.4 is 4.80 Å². The smallest absolute Gasteiger partial charge is 0.190 e. The van der Waals surface area contributed by atoms with E-state index in [2.05, 4.69) is 19.1 Å².